The molecule has 1 unspecified atom stereocenters. The van der Waals surface area contributed by atoms with Gasteiger partial charge in [0, 0.05) is 48.5 Å². The van der Waals surface area contributed by atoms with Crippen molar-refractivity contribution in [3.8, 4) is 11.4 Å². The Morgan fingerprint density at radius 1 is 1.09 bits per heavy atom. The number of fused-ring (bicyclic) bond motifs is 2. The summed E-state index contributed by atoms with van der Waals surface area (Å²) in [6, 6.07) is 10.4. The Balaban J connectivity index is 1.30. The summed E-state index contributed by atoms with van der Waals surface area (Å²) in [6.45, 7) is 5.90. The van der Waals surface area contributed by atoms with Crippen molar-refractivity contribution >= 4 is 22.9 Å². The summed E-state index contributed by atoms with van der Waals surface area (Å²) in [5, 5.41) is 0.738. The van der Waals surface area contributed by atoms with Gasteiger partial charge in [-0.3, -0.25) is 9.38 Å². The fourth-order valence-corrected chi connectivity index (χ4v) is 5.86. The third-order valence-corrected chi connectivity index (χ3v) is 8.09. The number of aryl methyl sites for hydroxylation is 2. The van der Waals surface area contributed by atoms with Gasteiger partial charge in [0.15, 0.2) is 5.82 Å². The topological polar surface area (TPSA) is 72.3 Å². The Labute approximate surface area is 198 Å². The third kappa shape index (κ3) is 3.15. The molecule has 0 amide bonds. The summed E-state index contributed by atoms with van der Waals surface area (Å²) in [5.41, 5.74) is 13.3. The van der Waals surface area contributed by atoms with Gasteiger partial charge in [-0.05, 0) is 61.8 Å². The Hall–Kier alpha value is -2.96. The number of benzene rings is 1. The molecule has 7 heteroatoms. The maximum Gasteiger partial charge on any atom is 0.154 e. The first-order valence-electron chi connectivity index (χ1n) is 11.5. The van der Waals surface area contributed by atoms with Crippen LogP contribution in [-0.2, 0) is 6.42 Å². The van der Waals surface area contributed by atoms with Crippen LogP contribution in [0.3, 0.4) is 0 Å². The Kier molecular flexibility index (Phi) is 4.71. The Bertz CT molecular complexity index is 1370. The second-order valence-electron chi connectivity index (χ2n) is 9.52. The zero-order valence-corrected chi connectivity index (χ0v) is 19.7. The minimum Gasteiger partial charge on any atom is -0.355 e. The van der Waals surface area contributed by atoms with Gasteiger partial charge < -0.3 is 10.6 Å². The average molecular weight is 459 g/mol. The van der Waals surface area contributed by atoms with Crippen LogP contribution < -0.4 is 10.6 Å². The van der Waals surface area contributed by atoms with E-state index in [1.165, 1.54) is 11.3 Å². The van der Waals surface area contributed by atoms with Crippen LogP contribution in [0.5, 0.6) is 0 Å². The van der Waals surface area contributed by atoms with Crippen molar-refractivity contribution in [2.75, 3.05) is 18.0 Å². The molecule has 1 atom stereocenters. The highest BCUT2D eigenvalue weighted by atomic mass is 35.5. The summed E-state index contributed by atoms with van der Waals surface area (Å²) in [4.78, 5) is 16.6. The number of nitrogens with two attached hydrogens (primary N) is 1. The molecule has 4 aromatic rings. The van der Waals surface area contributed by atoms with Crippen LogP contribution in [0.2, 0.25) is 5.02 Å². The van der Waals surface area contributed by atoms with Crippen LogP contribution in [0.1, 0.15) is 41.4 Å². The van der Waals surface area contributed by atoms with Crippen molar-refractivity contribution in [2.45, 2.75) is 39.2 Å². The van der Waals surface area contributed by atoms with Crippen LogP contribution in [0, 0.1) is 19.3 Å². The molecule has 1 aliphatic carbocycles. The van der Waals surface area contributed by atoms with Gasteiger partial charge in [-0.2, -0.15) is 0 Å². The molecule has 3 aromatic heterocycles. The minimum absolute atomic E-state index is 0.0523. The SMILES string of the molecule is Cc1ccc2c(n1)CC1(CCN(c3nccn4c(-c5cccc(C)c5Cl)ncc34)CC1)C2N. The Morgan fingerprint density at radius 3 is 2.73 bits per heavy atom. The van der Waals surface area contributed by atoms with Gasteiger partial charge in [-0.15, -0.1) is 0 Å². The van der Waals surface area contributed by atoms with Gasteiger partial charge in [0.1, 0.15) is 11.3 Å². The molecule has 6 nitrogen and oxygen atoms in total. The molecule has 1 spiro atoms. The maximum absolute atomic E-state index is 6.77. The lowest BCUT2D eigenvalue weighted by Crippen LogP contribution is -2.44. The number of hydrogen-bond acceptors (Lipinski definition) is 5. The fourth-order valence-electron chi connectivity index (χ4n) is 5.65. The van der Waals surface area contributed by atoms with Crippen LogP contribution in [0.15, 0.2) is 48.9 Å². The molecule has 33 heavy (non-hydrogen) atoms. The molecule has 1 aliphatic heterocycles. The van der Waals surface area contributed by atoms with Crippen LogP contribution in [0.4, 0.5) is 5.82 Å². The molecule has 4 heterocycles. The van der Waals surface area contributed by atoms with Crippen LogP contribution >= 0.6 is 11.6 Å². The molecule has 1 fully saturated rings. The third-order valence-electron chi connectivity index (χ3n) is 7.59. The highest BCUT2D eigenvalue weighted by Crippen LogP contribution is 2.50. The van der Waals surface area contributed by atoms with E-state index in [4.69, 9.17) is 32.3 Å². The second kappa shape index (κ2) is 7.54. The number of rotatable bonds is 2. The van der Waals surface area contributed by atoms with Crippen LogP contribution in [0.25, 0.3) is 16.9 Å². The van der Waals surface area contributed by atoms with Gasteiger partial charge >= 0.3 is 0 Å². The first-order chi connectivity index (χ1) is 16.0. The van der Waals surface area contributed by atoms with E-state index in [1.54, 1.807) is 0 Å². The second-order valence-corrected chi connectivity index (χ2v) is 9.89. The van der Waals surface area contributed by atoms with Crippen molar-refractivity contribution < 1.29 is 0 Å². The number of pyridine rings is 1. The number of halogens is 1. The van der Waals surface area contributed by atoms with E-state index in [1.807, 2.05) is 43.7 Å². The first-order valence-corrected chi connectivity index (χ1v) is 11.9. The summed E-state index contributed by atoms with van der Waals surface area (Å²) in [5.74, 6) is 1.80. The standard InChI is InChI=1S/C26H27ClN6/c1-16-4-3-5-19(22(16)27)24-30-15-21-25(29-10-13-33(21)24)32-11-8-26(9-12-32)14-20-18(23(26)28)7-6-17(2)31-20/h3-7,10,13,15,23H,8-9,11-12,14,28H2,1-2H3. The number of hydrogen-bond donors (Lipinski definition) is 1. The number of imidazole rings is 1. The molecule has 0 saturated carbocycles. The van der Waals surface area contributed by atoms with Crippen molar-refractivity contribution in [3.05, 3.63) is 76.5 Å². The first kappa shape index (κ1) is 20.6. The molecular formula is C26H27ClN6. The van der Waals surface area contributed by atoms with Crippen LogP contribution in [-0.4, -0.2) is 32.4 Å². The largest absolute Gasteiger partial charge is 0.355 e. The summed E-state index contributed by atoms with van der Waals surface area (Å²) in [7, 11) is 0. The lowest BCUT2D eigenvalue weighted by molar-refractivity contribution is 0.187. The predicted octanol–water partition coefficient (Wildman–Crippen LogP) is 4.90. The normalized spacial score (nSPS) is 19.4. The zero-order valence-electron chi connectivity index (χ0n) is 18.9. The van der Waals surface area contributed by atoms with Crippen molar-refractivity contribution in [1.82, 2.24) is 19.4 Å². The summed E-state index contributed by atoms with van der Waals surface area (Å²) < 4.78 is 2.09. The van der Waals surface area contributed by atoms with E-state index in [0.29, 0.717) is 0 Å². The molecule has 2 aliphatic rings. The zero-order chi connectivity index (χ0) is 22.7. The van der Waals surface area contributed by atoms with Gasteiger partial charge in [0.2, 0.25) is 0 Å². The van der Waals surface area contributed by atoms with E-state index >= 15 is 0 Å². The molecule has 0 bridgehead atoms. The minimum atomic E-state index is 0.0523. The molecule has 0 radical (unpaired) electrons. The van der Waals surface area contributed by atoms with E-state index in [-0.39, 0.29) is 11.5 Å². The predicted molar refractivity (Wildman–Crippen MR) is 132 cm³/mol. The van der Waals surface area contributed by atoms with E-state index in [9.17, 15) is 0 Å². The monoisotopic (exact) mass is 458 g/mol. The van der Waals surface area contributed by atoms with Gasteiger partial charge in [-0.1, -0.05) is 29.8 Å². The maximum atomic E-state index is 6.77. The number of nitrogens with zero attached hydrogens (tertiary/aromatic N) is 5. The number of aromatic nitrogens is 4. The lowest BCUT2D eigenvalue weighted by Gasteiger charge is -2.42. The van der Waals surface area contributed by atoms with Gasteiger partial charge in [0.25, 0.3) is 0 Å². The molecule has 6 rings (SSSR count). The van der Waals surface area contributed by atoms with Crippen molar-refractivity contribution in [2.24, 2.45) is 11.1 Å². The molecule has 1 saturated heterocycles. The molecule has 1 aromatic carbocycles. The summed E-state index contributed by atoms with van der Waals surface area (Å²) in [6.07, 6.45) is 8.74. The fraction of sp³-hybridized carbons (Fsp3) is 0.346. The smallest absolute Gasteiger partial charge is 0.154 e. The quantitative estimate of drug-likeness (QED) is 0.462. The van der Waals surface area contributed by atoms with Gasteiger partial charge in [-0.25, -0.2) is 9.97 Å². The van der Waals surface area contributed by atoms with Crippen molar-refractivity contribution in [1.29, 1.82) is 0 Å². The average Bonchev–Trinajstić information content (AvgIpc) is 3.35. The molecular weight excluding hydrogens is 432 g/mol. The number of piperidine rings is 1. The van der Waals surface area contributed by atoms with Gasteiger partial charge in [0.05, 0.1) is 11.2 Å². The van der Waals surface area contributed by atoms with Crippen molar-refractivity contribution in [3.63, 3.8) is 0 Å². The van der Waals surface area contributed by atoms with E-state index < -0.39 is 0 Å². The number of anilines is 1. The molecule has 168 valence electrons. The molecule has 2 N–H and O–H groups in total. The Morgan fingerprint density at radius 2 is 1.91 bits per heavy atom. The highest BCUT2D eigenvalue weighted by molar-refractivity contribution is 6.34. The van der Waals surface area contributed by atoms with E-state index in [0.717, 1.165) is 71.4 Å². The summed E-state index contributed by atoms with van der Waals surface area (Å²) >= 11 is 6.61. The van der Waals surface area contributed by atoms with E-state index in [2.05, 4.69) is 28.4 Å². The lowest BCUT2D eigenvalue weighted by atomic mass is 9.73. The highest BCUT2D eigenvalue weighted by Gasteiger charge is 2.47.